The van der Waals surface area contributed by atoms with E-state index in [4.69, 9.17) is 21.1 Å². The number of thioether (sulfide) groups is 1. The van der Waals surface area contributed by atoms with Crippen LogP contribution in [0.25, 0.3) is 5.69 Å². The van der Waals surface area contributed by atoms with Gasteiger partial charge in [-0.2, -0.15) is 0 Å². The molecule has 172 valence electrons. The highest BCUT2D eigenvalue weighted by atomic mass is 35.5. The first-order valence-corrected chi connectivity index (χ1v) is 12.1. The summed E-state index contributed by atoms with van der Waals surface area (Å²) in [6.45, 7) is 1.02. The number of fused-ring (bicyclic) bond motifs is 1. The van der Waals surface area contributed by atoms with E-state index in [0.29, 0.717) is 47.0 Å². The second-order valence-electron chi connectivity index (χ2n) is 7.57. The van der Waals surface area contributed by atoms with E-state index < -0.39 is 0 Å². The molecule has 1 aliphatic rings. The van der Waals surface area contributed by atoms with E-state index in [2.05, 4.69) is 27.6 Å². The summed E-state index contributed by atoms with van der Waals surface area (Å²) >= 11 is 7.41. The molecule has 4 aromatic rings. The van der Waals surface area contributed by atoms with Gasteiger partial charge in [-0.15, -0.1) is 10.2 Å². The fourth-order valence-electron chi connectivity index (χ4n) is 3.58. The lowest BCUT2D eigenvalue weighted by atomic mass is 10.1. The number of hydrogen-bond acceptors (Lipinski definition) is 6. The van der Waals surface area contributed by atoms with Crippen LogP contribution in [0.2, 0.25) is 5.02 Å². The average Bonchev–Trinajstić information content (AvgIpc) is 3.26. The first-order chi connectivity index (χ1) is 16.7. The fourth-order valence-corrected chi connectivity index (χ4v) is 4.48. The van der Waals surface area contributed by atoms with Gasteiger partial charge in [-0.05, 0) is 42.0 Å². The molecule has 0 aliphatic carbocycles. The molecule has 0 saturated carbocycles. The second kappa shape index (κ2) is 10.2. The monoisotopic (exact) mass is 492 g/mol. The van der Waals surface area contributed by atoms with Gasteiger partial charge in [-0.25, -0.2) is 0 Å². The van der Waals surface area contributed by atoms with Gasteiger partial charge < -0.3 is 14.8 Å². The lowest BCUT2D eigenvalue weighted by Crippen LogP contribution is -2.17. The minimum absolute atomic E-state index is 0.156. The number of ether oxygens (including phenoxy) is 2. The highest BCUT2D eigenvalue weighted by molar-refractivity contribution is 7.99. The van der Waals surface area contributed by atoms with Crippen molar-refractivity contribution in [1.29, 1.82) is 0 Å². The highest BCUT2D eigenvalue weighted by Gasteiger charge is 2.17. The van der Waals surface area contributed by atoms with Crippen molar-refractivity contribution in [3.8, 4) is 17.2 Å². The second-order valence-corrected chi connectivity index (χ2v) is 8.95. The third-order valence-electron chi connectivity index (χ3n) is 5.15. The Balaban J connectivity index is 1.32. The Morgan fingerprint density at radius 3 is 2.53 bits per heavy atom. The number of aromatic nitrogens is 3. The van der Waals surface area contributed by atoms with Crippen LogP contribution in [0.1, 0.15) is 11.4 Å². The summed E-state index contributed by atoms with van der Waals surface area (Å²) in [6, 6.07) is 22.9. The van der Waals surface area contributed by atoms with Crippen molar-refractivity contribution in [1.82, 2.24) is 14.8 Å². The molecule has 0 fully saturated rings. The predicted molar refractivity (Wildman–Crippen MR) is 132 cm³/mol. The van der Waals surface area contributed by atoms with Crippen LogP contribution in [0.3, 0.4) is 0 Å². The van der Waals surface area contributed by atoms with Gasteiger partial charge in [0.15, 0.2) is 16.7 Å². The number of carbonyl (C=O) groups excluding carboxylic acids is 1. The molecule has 0 unspecified atom stereocenters. The number of nitrogens with one attached hydrogen (secondary N) is 1. The topological polar surface area (TPSA) is 78.3 Å². The van der Waals surface area contributed by atoms with Crippen LogP contribution in [-0.4, -0.2) is 39.6 Å². The van der Waals surface area contributed by atoms with Gasteiger partial charge >= 0.3 is 0 Å². The molecule has 1 amide bonds. The Labute approximate surface area is 206 Å². The maximum Gasteiger partial charge on any atom is 0.234 e. The molecule has 0 atom stereocenters. The van der Waals surface area contributed by atoms with Crippen LogP contribution in [0.5, 0.6) is 11.5 Å². The molecule has 7 nitrogen and oxygen atoms in total. The van der Waals surface area contributed by atoms with Crippen LogP contribution >= 0.6 is 23.4 Å². The van der Waals surface area contributed by atoms with Crippen molar-refractivity contribution in [2.45, 2.75) is 11.6 Å². The van der Waals surface area contributed by atoms with E-state index in [1.807, 2.05) is 47.0 Å². The maximum absolute atomic E-state index is 12.7. The predicted octanol–water partition coefficient (Wildman–Crippen LogP) is 5.01. The van der Waals surface area contributed by atoms with Crippen molar-refractivity contribution in [3.05, 3.63) is 89.2 Å². The standard InChI is InChI=1S/C25H21ClN4O3S/c26-18-6-9-20(10-7-18)30-23(14-17-4-2-1-3-5-17)28-29-25(30)34-16-24(31)27-19-8-11-21-22(15-19)33-13-12-32-21/h1-11,15H,12-14,16H2,(H,27,31). The summed E-state index contributed by atoms with van der Waals surface area (Å²) < 4.78 is 13.1. The van der Waals surface area contributed by atoms with Gasteiger partial charge in [0.2, 0.25) is 5.91 Å². The Bertz CT molecular complexity index is 1300. The van der Waals surface area contributed by atoms with Gasteiger partial charge in [-0.1, -0.05) is 53.7 Å². The number of carbonyl (C=O) groups is 1. The Morgan fingerprint density at radius 1 is 0.971 bits per heavy atom. The summed E-state index contributed by atoms with van der Waals surface area (Å²) in [5.74, 6) is 2.11. The molecule has 3 aromatic carbocycles. The van der Waals surface area contributed by atoms with Gasteiger partial charge in [-0.3, -0.25) is 9.36 Å². The smallest absolute Gasteiger partial charge is 0.234 e. The summed E-state index contributed by atoms with van der Waals surface area (Å²) in [6.07, 6.45) is 0.612. The maximum atomic E-state index is 12.7. The number of halogens is 1. The first-order valence-electron chi connectivity index (χ1n) is 10.7. The SMILES string of the molecule is O=C(CSc1nnc(Cc2ccccc2)n1-c1ccc(Cl)cc1)Nc1ccc2c(c1)OCCO2. The van der Waals surface area contributed by atoms with Crippen LogP contribution < -0.4 is 14.8 Å². The van der Waals surface area contributed by atoms with Crippen molar-refractivity contribution in [2.24, 2.45) is 0 Å². The van der Waals surface area contributed by atoms with Gasteiger partial charge in [0.25, 0.3) is 0 Å². The molecule has 34 heavy (non-hydrogen) atoms. The number of hydrogen-bond donors (Lipinski definition) is 1. The molecule has 1 N–H and O–H groups in total. The molecule has 2 heterocycles. The number of anilines is 1. The van der Waals surface area contributed by atoms with E-state index in [-0.39, 0.29) is 11.7 Å². The minimum atomic E-state index is -0.156. The molecular weight excluding hydrogens is 472 g/mol. The molecule has 0 saturated heterocycles. The van der Waals surface area contributed by atoms with Crippen LogP contribution in [0.15, 0.2) is 78.0 Å². The van der Waals surface area contributed by atoms with E-state index >= 15 is 0 Å². The summed E-state index contributed by atoms with van der Waals surface area (Å²) in [7, 11) is 0. The lowest BCUT2D eigenvalue weighted by Gasteiger charge is -2.19. The quantitative estimate of drug-likeness (QED) is 0.365. The van der Waals surface area contributed by atoms with Crippen molar-refractivity contribution in [3.63, 3.8) is 0 Å². The van der Waals surface area contributed by atoms with E-state index in [1.54, 1.807) is 18.2 Å². The van der Waals surface area contributed by atoms with Gasteiger partial charge in [0.05, 0.1) is 5.75 Å². The number of rotatable bonds is 7. The lowest BCUT2D eigenvalue weighted by molar-refractivity contribution is -0.113. The molecule has 1 aliphatic heterocycles. The average molecular weight is 493 g/mol. The van der Waals surface area contributed by atoms with Crippen LogP contribution in [0.4, 0.5) is 5.69 Å². The highest BCUT2D eigenvalue weighted by Crippen LogP contribution is 2.33. The zero-order chi connectivity index (χ0) is 23.3. The molecule has 1 aromatic heterocycles. The van der Waals surface area contributed by atoms with Crippen LogP contribution in [-0.2, 0) is 11.2 Å². The Morgan fingerprint density at radius 2 is 1.74 bits per heavy atom. The van der Waals surface area contributed by atoms with Gasteiger partial charge in [0.1, 0.15) is 19.0 Å². The first kappa shape index (κ1) is 22.3. The minimum Gasteiger partial charge on any atom is -0.486 e. The molecule has 9 heteroatoms. The third kappa shape index (κ3) is 5.18. The zero-order valence-corrected chi connectivity index (χ0v) is 19.7. The number of amides is 1. The summed E-state index contributed by atoms with van der Waals surface area (Å²) in [4.78, 5) is 12.7. The van der Waals surface area contributed by atoms with E-state index in [1.165, 1.54) is 11.8 Å². The van der Waals surface area contributed by atoms with E-state index in [9.17, 15) is 4.79 Å². The van der Waals surface area contributed by atoms with Crippen molar-refractivity contribution in [2.75, 3.05) is 24.3 Å². The Kier molecular flexibility index (Phi) is 6.69. The molecule has 5 rings (SSSR count). The van der Waals surface area contributed by atoms with Crippen molar-refractivity contribution < 1.29 is 14.3 Å². The number of nitrogens with zero attached hydrogens (tertiary/aromatic N) is 3. The number of benzene rings is 3. The summed E-state index contributed by atoms with van der Waals surface area (Å²) in [5.41, 5.74) is 2.66. The molecular formula is C25H21ClN4O3S. The third-order valence-corrected chi connectivity index (χ3v) is 6.33. The summed E-state index contributed by atoms with van der Waals surface area (Å²) in [5, 5.41) is 13.0. The molecule has 0 radical (unpaired) electrons. The fraction of sp³-hybridized carbons (Fsp3) is 0.160. The molecule has 0 bridgehead atoms. The largest absolute Gasteiger partial charge is 0.486 e. The van der Waals surface area contributed by atoms with Crippen LogP contribution in [0, 0.1) is 0 Å². The normalized spacial score (nSPS) is 12.4. The van der Waals surface area contributed by atoms with Crippen molar-refractivity contribution >= 4 is 35.0 Å². The van der Waals surface area contributed by atoms with E-state index in [0.717, 1.165) is 17.1 Å². The Hall–Kier alpha value is -3.49. The van der Waals surface area contributed by atoms with Gasteiger partial charge in [0, 0.05) is 28.9 Å². The zero-order valence-electron chi connectivity index (χ0n) is 18.1. The molecule has 0 spiro atoms.